The van der Waals surface area contributed by atoms with E-state index in [0.29, 0.717) is 18.2 Å². The summed E-state index contributed by atoms with van der Waals surface area (Å²) < 4.78 is 33.7. The van der Waals surface area contributed by atoms with Crippen molar-refractivity contribution in [3.05, 3.63) is 47.2 Å². The second-order valence-electron chi connectivity index (χ2n) is 5.02. The quantitative estimate of drug-likeness (QED) is 0.599. The molecule has 0 bridgehead atoms. The van der Waals surface area contributed by atoms with E-state index in [1.54, 1.807) is 35.4 Å². The van der Waals surface area contributed by atoms with Crippen molar-refractivity contribution in [2.75, 3.05) is 13.7 Å². The van der Waals surface area contributed by atoms with Crippen LogP contribution in [0.4, 0.5) is 0 Å². The van der Waals surface area contributed by atoms with E-state index in [1.165, 1.54) is 18.6 Å². The maximum atomic E-state index is 12.5. The molecular weight excluding hydrogens is 378 g/mol. The van der Waals surface area contributed by atoms with Crippen LogP contribution in [0.5, 0.6) is 0 Å². The molecule has 9 nitrogen and oxygen atoms in total. The number of nitrogens with zero attached hydrogens (tertiary/aromatic N) is 4. The molecule has 0 spiro atoms. The Morgan fingerprint density at radius 3 is 2.77 bits per heavy atom. The Bertz CT molecular complexity index is 998. The average Bonchev–Trinajstić information content (AvgIpc) is 3.31. The number of hydrogen-bond donors (Lipinski definition) is 1. The molecule has 0 aromatic carbocycles. The van der Waals surface area contributed by atoms with E-state index >= 15 is 0 Å². The number of nitrogens with one attached hydrogen (secondary N) is 1. The third-order valence-electron chi connectivity index (χ3n) is 3.42. The zero-order chi connectivity index (χ0) is 18.6. The van der Waals surface area contributed by atoms with Gasteiger partial charge in [0.25, 0.3) is 0 Å². The summed E-state index contributed by atoms with van der Waals surface area (Å²) in [7, 11) is -2.63. The summed E-state index contributed by atoms with van der Waals surface area (Å²) in [6.07, 6.45) is 6.52. The molecule has 11 heteroatoms. The van der Waals surface area contributed by atoms with E-state index in [4.69, 9.17) is 0 Å². The number of rotatable bonds is 7. The van der Waals surface area contributed by atoms with Gasteiger partial charge < -0.3 is 9.30 Å². The standard InChI is InChI=1S/C15H15N5O4S2/c1-24-15(21)12-11(3-10-25-12)26(22,23)19-7-9-20-8-6-18-14(20)13-16-4-2-5-17-13/h2-6,8,10,19H,7,9H2,1H3. The van der Waals surface area contributed by atoms with Crippen LogP contribution in [0.1, 0.15) is 9.67 Å². The Morgan fingerprint density at radius 1 is 1.27 bits per heavy atom. The first-order valence-corrected chi connectivity index (χ1v) is 9.83. The molecule has 3 rings (SSSR count). The van der Waals surface area contributed by atoms with Crippen LogP contribution in [-0.2, 0) is 21.3 Å². The van der Waals surface area contributed by atoms with E-state index < -0.39 is 16.0 Å². The van der Waals surface area contributed by atoms with Crippen LogP contribution >= 0.6 is 11.3 Å². The van der Waals surface area contributed by atoms with Gasteiger partial charge in [0.05, 0.1) is 7.11 Å². The molecule has 3 aromatic rings. The van der Waals surface area contributed by atoms with E-state index in [-0.39, 0.29) is 16.3 Å². The first-order valence-electron chi connectivity index (χ1n) is 7.47. The van der Waals surface area contributed by atoms with Crippen LogP contribution in [0.2, 0.25) is 0 Å². The highest BCUT2D eigenvalue weighted by Gasteiger charge is 2.24. The zero-order valence-electron chi connectivity index (χ0n) is 13.7. The summed E-state index contributed by atoms with van der Waals surface area (Å²) in [5, 5.41) is 1.53. The molecule has 0 aliphatic rings. The monoisotopic (exact) mass is 393 g/mol. The predicted molar refractivity (Wildman–Crippen MR) is 94.1 cm³/mol. The number of hydrogen-bond acceptors (Lipinski definition) is 8. The minimum atomic E-state index is -3.84. The molecular formula is C15H15N5O4S2. The summed E-state index contributed by atoms with van der Waals surface area (Å²) >= 11 is 1.01. The number of ether oxygens (including phenoxy) is 1. The van der Waals surface area contributed by atoms with Crippen LogP contribution < -0.4 is 4.72 Å². The van der Waals surface area contributed by atoms with Crippen molar-refractivity contribution >= 4 is 27.3 Å². The Hall–Kier alpha value is -2.63. The molecule has 3 heterocycles. The van der Waals surface area contributed by atoms with Gasteiger partial charge in [-0.1, -0.05) is 0 Å². The number of methoxy groups -OCH3 is 1. The largest absolute Gasteiger partial charge is 0.465 e. The van der Waals surface area contributed by atoms with Crippen LogP contribution in [0.25, 0.3) is 11.6 Å². The molecule has 0 atom stereocenters. The van der Waals surface area contributed by atoms with Gasteiger partial charge in [-0.2, -0.15) is 0 Å². The Balaban J connectivity index is 1.70. The molecule has 0 radical (unpaired) electrons. The molecule has 26 heavy (non-hydrogen) atoms. The van der Waals surface area contributed by atoms with Gasteiger partial charge in [-0.3, -0.25) is 0 Å². The number of imidazole rings is 1. The molecule has 0 amide bonds. The lowest BCUT2D eigenvalue weighted by Crippen LogP contribution is -2.28. The highest BCUT2D eigenvalue weighted by Crippen LogP contribution is 2.22. The fourth-order valence-electron chi connectivity index (χ4n) is 2.24. The minimum Gasteiger partial charge on any atom is -0.465 e. The highest BCUT2D eigenvalue weighted by molar-refractivity contribution is 7.89. The third kappa shape index (κ3) is 3.79. The number of aromatic nitrogens is 4. The number of esters is 1. The van der Waals surface area contributed by atoms with Crippen LogP contribution in [0.3, 0.4) is 0 Å². The molecule has 0 saturated heterocycles. The van der Waals surface area contributed by atoms with Crippen molar-refractivity contribution in [2.24, 2.45) is 0 Å². The number of sulfonamides is 1. The fraction of sp³-hybridized carbons (Fsp3) is 0.200. The van der Waals surface area contributed by atoms with E-state index in [0.717, 1.165) is 11.3 Å². The number of carbonyl (C=O) groups excluding carboxylic acids is 1. The summed E-state index contributed by atoms with van der Waals surface area (Å²) in [5.41, 5.74) is 0. The van der Waals surface area contributed by atoms with E-state index in [2.05, 4.69) is 24.4 Å². The molecule has 3 aromatic heterocycles. The van der Waals surface area contributed by atoms with Crippen LogP contribution in [0.15, 0.2) is 47.2 Å². The Labute approximate surface area is 153 Å². The second-order valence-corrected chi connectivity index (χ2v) is 7.67. The molecule has 1 N–H and O–H groups in total. The SMILES string of the molecule is COC(=O)c1sccc1S(=O)(=O)NCCn1ccnc1-c1ncccn1. The van der Waals surface area contributed by atoms with Gasteiger partial charge in [-0.05, 0) is 17.5 Å². The molecule has 0 aliphatic carbocycles. The van der Waals surface area contributed by atoms with Crippen molar-refractivity contribution in [3.8, 4) is 11.6 Å². The minimum absolute atomic E-state index is 0.0426. The summed E-state index contributed by atoms with van der Waals surface area (Å²) in [6.45, 7) is 0.430. The highest BCUT2D eigenvalue weighted by atomic mass is 32.2. The van der Waals surface area contributed by atoms with Gasteiger partial charge >= 0.3 is 5.97 Å². The first-order chi connectivity index (χ1) is 12.5. The number of carbonyl (C=O) groups is 1. The number of thiophene rings is 1. The lowest BCUT2D eigenvalue weighted by molar-refractivity contribution is 0.0602. The Morgan fingerprint density at radius 2 is 2.04 bits per heavy atom. The Kier molecular flexibility index (Phi) is 5.40. The molecule has 136 valence electrons. The smallest absolute Gasteiger partial charge is 0.349 e. The topological polar surface area (TPSA) is 116 Å². The van der Waals surface area contributed by atoms with Gasteiger partial charge in [-0.25, -0.2) is 32.9 Å². The predicted octanol–water partition coefficient (Wildman–Crippen LogP) is 1.17. The van der Waals surface area contributed by atoms with Gasteiger partial charge in [0.2, 0.25) is 10.0 Å². The maximum absolute atomic E-state index is 12.5. The van der Waals surface area contributed by atoms with E-state index in [9.17, 15) is 13.2 Å². The summed E-state index contributed by atoms with van der Waals surface area (Å²) in [4.78, 5) is 24.1. The third-order valence-corrected chi connectivity index (χ3v) is 5.94. The van der Waals surface area contributed by atoms with Crippen molar-refractivity contribution in [1.82, 2.24) is 24.2 Å². The molecule has 0 aliphatic heterocycles. The van der Waals surface area contributed by atoms with Gasteiger partial charge in [0, 0.05) is 37.9 Å². The van der Waals surface area contributed by atoms with Crippen LogP contribution in [-0.4, -0.2) is 47.6 Å². The van der Waals surface area contributed by atoms with Gasteiger partial charge in [0.15, 0.2) is 11.6 Å². The van der Waals surface area contributed by atoms with Crippen molar-refractivity contribution < 1.29 is 17.9 Å². The van der Waals surface area contributed by atoms with Crippen LogP contribution in [0, 0.1) is 0 Å². The second kappa shape index (κ2) is 7.72. The fourth-order valence-corrected chi connectivity index (χ4v) is 4.59. The normalized spacial score (nSPS) is 11.4. The molecule has 0 fully saturated rings. The average molecular weight is 393 g/mol. The maximum Gasteiger partial charge on any atom is 0.349 e. The van der Waals surface area contributed by atoms with Gasteiger partial charge in [0.1, 0.15) is 9.77 Å². The molecule has 0 unspecified atom stereocenters. The molecule has 0 saturated carbocycles. The van der Waals surface area contributed by atoms with Crippen molar-refractivity contribution in [2.45, 2.75) is 11.4 Å². The van der Waals surface area contributed by atoms with Crippen molar-refractivity contribution in [3.63, 3.8) is 0 Å². The first kappa shape index (κ1) is 18.2. The zero-order valence-corrected chi connectivity index (χ0v) is 15.3. The summed E-state index contributed by atoms with van der Waals surface area (Å²) in [6, 6.07) is 3.07. The lowest BCUT2D eigenvalue weighted by Gasteiger charge is -2.09. The van der Waals surface area contributed by atoms with Gasteiger partial charge in [-0.15, -0.1) is 11.3 Å². The summed E-state index contributed by atoms with van der Waals surface area (Å²) in [5.74, 6) is 0.306. The van der Waals surface area contributed by atoms with Crippen molar-refractivity contribution in [1.29, 1.82) is 0 Å². The lowest BCUT2D eigenvalue weighted by atomic mass is 10.5. The van der Waals surface area contributed by atoms with E-state index in [1.807, 2.05) is 0 Å².